The van der Waals surface area contributed by atoms with Gasteiger partial charge in [0, 0.05) is 0 Å². The van der Waals surface area contributed by atoms with Crippen molar-refractivity contribution >= 4 is 0 Å². The van der Waals surface area contributed by atoms with Crippen LogP contribution in [0.25, 0.3) is 0 Å². The molecule has 0 aliphatic heterocycles. The molecular weight excluding hydrogens is 340 g/mol. The summed E-state index contributed by atoms with van der Waals surface area (Å²) in [6, 6.07) is 0. The highest BCUT2D eigenvalue weighted by Gasteiger charge is 2.30. The molecular formula is C27H48O. The molecule has 0 N–H and O–H groups in total. The lowest BCUT2D eigenvalue weighted by Gasteiger charge is -2.35. The molecule has 0 unspecified atom stereocenters. The normalized spacial score (nSPS) is 13.4. The van der Waals surface area contributed by atoms with Gasteiger partial charge >= 0.3 is 0 Å². The number of rotatable bonds is 6. The third kappa shape index (κ3) is 6.82. The van der Waals surface area contributed by atoms with Crippen molar-refractivity contribution < 1.29 is 4.74 Å². The first-order chi connectivity index (χ1) is 12.5. The Morgan fingerprint density at radius 1 is 0.643 bits per heavy atom. The Hall–Kier alpha value is -0.980. The highest BCUT2D eigenvalue weighted by molar-refractivity contribution is 5.58. The van der Waals surface area contributed by atoms with Crippen LogP contribution in [0.2, 0.25) is 0 Å². The number of benzene rings is 1. The van der Waals surface area contributed by atoms with Crippen molar-refractivity contribution in [3.63, 3.8) is 0 Å². The second kappa shape index (κ2) is 8.80. The summed E-state index contributed by atoms with van der Waals surface area (Å²) in [6.07, 6.45) is 4.26. The van der Waals surface area contributed by atoms with E-state index in [1.54, 1.807) is 16.7 Å². The van der Waals surface area contributed by atoms with E-state index in [1.165, 1.54) is 16.9 Å². The summed E-state index contributed by atoms with van der Waals surface area (Å²) in [5.41, 5.74) is 7.84. The maximum Gasteiger partial charge on any atom is 0.127 e. The summed E-state index contributed by atoms with van der Waals surface area (Å²) < 4.78 is 6.78. The molecule has 0 aromatic heterocycles. The molecule has 0 amide bonds. The molecule has 0 saturated heterocycles. The topological polar surface area (TPSA) is 9.23 Å². The van der Waals surface area contributed by atoms with Gasteiger partial charge in [-0.05, 0) is 91.0 Å². The predicted molar refractivity (Wildman–Crippen MR) is 126 cm³/mol. The fourth-order valence-electron chi connectivity index (χ4n) is 4.33. The summed E-state index contributed by atoms with van der Waals surface area (Å²) in [4.78, 5) is 0. The van der Waals surface area contributed by atoms with Gasteiger partial charge in [-0.1, -0.05) is 69.2 Å². The van der Waals surface area contributed by atoms with Crippen LogP contribution < -0.4 is 4.74 Å². The Morgan fingerprint density at radius 3 is 1.21 bits per heavy atom. The van der Waals surface area contributed by atoms with E-state index in [1.807, 2.05) is 0 Å². The van der Waals surface area contributed by atoms with Gasteiger partial charge in [0.2, 0.25) is 0 Å². The van der Waals surface area contributed by atoms with Crippen LogP contribution in [0.3, 0.4) is 0 Å². The predicted octanol–water partition coefficient (Wildman–Crippen LogP) is 8.29. The van der Waals surface area contributed by atoms with E-state index in [-0.39, 0.29) is 16.4 Å². The molecule has 0 aliphatic rings. The van der Waals surface area contributed by atoms with Crippen molar-refractivity contribution in [2.75, 3.05) is 0 Å². The molecule has 1 heteroatoms. The zero-order valence-corrected chi connectivity index (χ0v) is 21.3. The minimum atomic E-state index is -0.200. The molecule has 28 heavy (non-hydrogen) atoms. The quantitative estimate of drug-likeness (QED) is 0.476. The van der Waals surface area contributed by atoms with E-state index in [0.29, 0.717) is 5.92 Å². The molecule has 0 aliphatic carbocycles. The lowest BCUT2D eigenvalue weighted by atomic mass is 9.75. The first-order valence-corrected chi connectivity index (χ1v) is 11.4. The van der Waals surface area contributed by atoms with E-state index < -0.39 is 0 Å². The summed E-state index contributed by atoms with van der Waals surface area (Å²) in [6.45, 7) is 30.0. The molecule has 1 aromatic rings. The van der Waals surface area contributed by atoms with E-state index in [4.69, 9.17) is 4.74 Å². The summed E-state index contributed by atoms with van der Waals surface area (Å²) in [7, 11) is 0. The zero-order valence-electron chi connectivity index (χ0n) is 21.3. The SMILES string of the molecule is CCc1c(CC(C)(C)C)c(OC(C)(C)C)c(CC(C)(C)C)c(CC)c1C(C)C. The third-order valence-corrected chi connectivity index (χ3v) is 5.03. The van der Waals surface area contributed by atoms with Gasteiger partial charge < -0.3 is 4.74 Å². The highest BCUT2D eigenvalue weighted by Crippen LogP contribution is 2.44. The van der Waals surface area contributed by atoms with Gasteiger partial charge in [-0.3, -0.25) is 0 Å². The van der Waals surface area contributed by atoms with Crippen molar-refractivity contribution in [3.05, 3.63) is 27.8 Å². The second-order valence-corrected chi connectivity index (χ2v) is 12.2. The monoisotopic (exact) mass is 388 g/mol. The van der Waals surface area contributed by atoms with Crippen LogP contribution in [0.5, 0.6) is 5.75 Å². The largest absolute Gasteiger partial charge is 0.488 e. The minimum absolute atomic E-state index is 0.200. The van der Waals surface area contributed by atoms with E-state index >= 15 is 0 Å². The average molecular weight is 389 g/mol. The van der Waals surface area contributed by atoms with Crippen LogP contribution >= 0.6 is 0 Å². The van der Waals surface area contributed by atoms with Gasteiger partial charge in [-0.2, -0.15) is 0 Å². The lowest BCUT2D eigenvalue weighted by Crippen LogP contribution is -2.28. The van der Waals surface area contributed by atoms with Gasteiger partial charge in [0.15, 0.2) is 0 Å². The molecule has 0 atom stereocenters. The third-order valence-electron chi connectivity index (χ3n) is 5.03. The maximum atomic E-state index is 6.78. The van der Waals surface area contributed by atoms with Crippen LogP contribution in [0.4, 0.5) is 0 Å². The summed E-state index contributed by atoms with van der Waals surface area (Å²) in [5, 5.41) is 0. The first kappa shape index (κ1) is 25.1. The van der Waals surface area contributed by atoms with Crippen LogP contribution in [0.1, 0.15) is 124 Å². The molecule has 1 rings (SSSR count). The lowest BCUT2D eigenvalue weighted by molar-refractivity contribution is 0.125. The standard InChI is InChI=1S/C27H48O/c1-14-19-21(16-25(5,6)7)24(28-27(11,12)13)22(17-26(8,9)10)20(15-2)23(19)18(3)4/h18H,14-17H2,1-13H3. The molecule has 0 bridgehead atoms. The molecule has 0 spiro atoms. The number of hydrogen-bond donors (Lipinski definition) is 0. The van der Waals surface area contributed by atoms with Crippen molar-refractivity contribution in [2.24, 2.45) is 10.8 Å². The van der Waals surface area contributed by atoms with Crippen molar-refractivity contribution in [1.82, 2.24) is 0 Å². The fourth-order valence-corrected chi connectivity index (χ4v) is 4.33. The molecule has 0 saturated carbocycles. The van der Waals surface area contributed by atoms with Crippen molar-refractivity contribution in [1.29, 1.82) is 0 Å². The van der Waals surface area contributed by atoms with Crippen molar-refractivity contribution in [2.45, 2.75) is 127 Å². The Morgan fingerprint density at radius 2 is 1.00 bits per heavy atom. The van der Waals surface area contributed by atoms with Gasteiger partial charge in [-0.25, -0.2) is 0 Å². The van der Waals surface area contributed by atoms with Crippen LogP contribution in [0, 0.1) is 10.8 Å². The molecule has 0 fully saturated rings. The van der Waals surface area contributed by atoms with E-state index in [9.17, 15) is 0 Å². The minimum Gasteiger partial charge on any atom is -0.488 e. The van der Waals surface area contributed by atoms with E-state index in [0.717, 1.165) is 25.7 Å². The van der Waals surface area contributed by atoms with Gasteiger partial charge in [0.05, 0.1) is 0 Å². The Bertz CT molecular complexity index is 612. The van der Waals surface area contributed by atoms with Gasteiger partial charge in [0.25, 0.3) is 0 Å². The molecule has 162 valence electrons. The Labute approximate surface area is 176 Å². The Balaban J connectivity index is 4.06. The first-order valence-electron chi connectivity index (χ1n) is 11.4. The van der Waals surface area contributed by atoms with Gasteiger partial charge in [-0.15, -0.1) is 0 Å². The van der Waals surface area contributed by atoms with Crippen molar-refractivity contribution in [3.8, 4) is 5.75 Å². The highest BCUT2D eigenvalue weighted by atomic mass is 16.5. The van der Waals surface area contributed by atoms with Gasteiger partial charge in [0.1, 0.15) is 11.4 Å². The van der Waals surface area contributed by atoms with Crippen LogP contribution in [-0.4, -0.2) is 5.60 Å². The summed E-state index contributed by atoms with van der Waals surface area (Å²) >= 11 is 0. The fraction of sp³-hybridized carbons (Fsp3) is 0.778. The molecule has 0 heterocycles. The second-order valence-electron chi connectivity index (χ2n) is 12.2. The molecule has 1 aromatic carbocycles. The molecule has 0 radical (unpaired) electrons. The van der Waals surface area contributed by atoms with Crippen LogP contribution in [0.15, 0.2) is 0 Å². The van der Waals surface area contributed by atoms with Crippen LogP contribution in [-0.2, 0) is 25.7 Å². The average Bonchev–Trinajstić information content (AvgIpc) is 2.45. The van der Waals surface area contributed by atoms with E-state index in [2.05, 4.69) is 90.0 Å². The smallest absolute Gasteiger partial charge is 0.127 e. The molecule has 1 nitrogen and oxygen atoms in total. The Kier molecular flexibility index (Phi) is 7.88. The maximum absolute atomic E-state index is 6.78. The number of hydrogen-bond acceptors (Lipinski definition) is 1. The summed E-state index contributed by atoms with van der Waals surface area (Å²) in [5.74, 6) is 1.72. The zero-order chi connectivity index (χ0) is 22.1. The number of ether oxygens (including phenoxy) is 1.